The topological polar surface area (TPSA) is 70.1 Å². The average Bonchev–Trinajstić information content (AvgIpc) is 2.30. The first kappa shape index (κ1) is 14.1. The Morgan fingerprint density at radius 3 is 2.53 bits per heavy atom. The van der Waals surface area contributed by atoms with Gasteiger partial charge in [-0.05, 0) is 52.5 Å². The summed E-state index contributed by atoms with van der Waals surface area (Å²) in [5.74, 6) is 1.50. The van der Waals surface area contributed by atoms with Crippen molar-refractivity contribution in [2.75, 3.05) is 10.6 Å². The lowest BCUT2D eigenvalue weighted by Gasteiger charge is -2.26. The number of hydrogen-bond acceptors (Lipinski definition) is 5. The van der Waals surface area contributed by atoms with Crippen LogP contribution >= 0.6 is 0 Å². The fraction of sp³-hybridized carbons (Fsp3) is 0.714. The number of anilines is 2. The summed E-state index contributed by atoms with van der Waals surface area (Å²) in [6, 6.07) is 2.24. The molecule has 1 aromatic heterocycles. The molecule has 0 atom stereocenters. The molecule has 0 unspecified atom stereocenters. The van der Waals surface area contributed by atoms with E-state index in [1.807, 2.05) is 6.07 Å². The van der Waals surface area contributed by atoms with Crippen molar-refractivity contribution in [1.29, 1.82) is 0 Å². The van der Waals surface area contributed by atoms with Crippen LogP contribution in [0.3, 0.4) is 0 Å². The monoisotopic (exact) mass is 264 g/mol. The second-order valence-corrected chi connectivity index (χ2v) is 6.29. The van der Waals surface area contributed by atoms with Gasteiger partial charge >= 0.3 is 0 Å². The SMILES string of the molecule is CC(C)(C)Nc1ccnc(N[C@H]2CC[C@H](O)CC2)n1. The van der Waals surface area contributed by atoms with Crippen LogP contribution < -0.4 is 10.6 Å². The third kappa shape index (κ3) is 4.67. The van der Waals surface area contributed by atoms with E-state index in [-0.39, 0.29) is 11.6 Å². The van der Waals surface area contributed by atoms with E-state index in [4.69, 9.17) is 0 Å². The summed E-state index contributed by atoms with van der Waals surface area (Å²) in [6.07, 6.45) is 5.30. The van der Waals surface area contributed by atoms with Crippen LogP contribution in [0.5, 0.6) is 0 Å². The molecule has 1 aliphatic carbocycles. The molecule has 5 heteroatoms. The van der Waals surface area contributed by atoms with E-state index in [0.717, 1.165) is 31.5 Å². The molecule has 1 aliphatic rings. The molecule has 2 rings (SSSR count). The molecular weight excluding hydrogens is 240 g/mol. The Balaban J connectivity index is 1.95. The maximum atomic E-state index is 9.50. The molecule has 0 bridgehead atoms. The predicted octanol–water partition coefficient (Wildman–Crippen LogP) is 2.40. The van der Waals surface area contributed by atoms with Crippen LogP contribution in [-0.4, -0.2) is 32.8 Å². The van der Waals surface area contributed by atoms with Crippen molar-refractivity contribution in [2.24, 2.45) is 0 Å². The highest BCUT2D eigenvalue weighted by Gasteiger charge is 2.20. The van der Waals surface area contributed by atoms with E-state index < -0.39 is 0 Å². The largest absolute Gasteiger partial charge is 0.393 e. The van der Waals surface area contributed by atoms with Gasteiger partial charge in [-0.3, -0.25) is 0 Å². The lowest BCUT2D eigenvalue weighted by molar-refractivity contribution is 0.126. The van der Waals surface area contributed by atoms with Crippen LogP contribution in [-0.2, 0) is 0 Å². The van der Waals surface area contributed by atoms with Gasteiger partial charge in [0.25, 0.3) is 0 Å². The van der Waals surface area contributed by atoms with E-state index in [1.165, 1.54) is 0 Å². The number of aliphatic hydroxyl groups is 1. The molecule has 1 aromatic rings. The van der Waals surface area contributed by atoms with Crippen molar-refractivity contribution in [3.8, 4) is 0 Å². The van der Waals surface area contributed by atoms with Gasteiger partial charge in [-0.1, -0.05) is 0 Å². The van der Waals surface area contributed by atoms with Crippen molar-refractivity contribution in [1.82, 2.24) is 9.97 Å². The average molecular weight is 264 g/mol. The van der Waals surface area contributed by atoms with Crippen molar-refractivity contribution in [3.63, 3.8) is 0 Å². The Morgan fingerprint density at radius 2 is 1.89 bits per heavy atom. The first-order valence-electron chi connectivity index (χ1n) is 6.98. The summed E-state index contributed by atoms with van der Waals surface area (Å²) in [5.41, 5.74) is -0.0133. The van der Waals surface area contributed by atoms with Gasteiger partial charge in [0.05, 0.1) is 6.10 Å². The molecule has 1 saturated carbocycles. The van der Waals surface area contributed by atoms with Gasteiger partial charge in [0, 0.05) is 17.8 Å². The predicted molar refractivity (Wildman–Crippen MR) is 77.3 cm³/mol. The van der Waals surface area contributed by atoms with Crippen LogP contribution in [0.1, 0.15) is 46.5 Å². The Labute approximate surface area is 114 Å². The van der Waals surface area contributed by atoms with Crippen LogP contribution in [0.2, 0.25) is 0 Å². The minimum absolute atomic E-state index is 0.0133. The second-order valence-electron chi connectivity index (χ2n) is 6.29. The third-order valence-corrected chi connectivity index (χ3v) is 3.19. The zero-order chi connectivity index (χ0) is 13.9. The maximum Gasteiger partial charge on any atom is 0.224 e. The van der Waals surface area contributed by atoms with E-state index in [9.17, 15) is 5.11 Å². The normalized spacial score (nSPS) is 24.0. The number of aliphatic hydroxyl groups excluding tert-OH is 1. The van der Waals surface area contributed by atoms with E-state index in [0.29, 0.717) is 12.0 Å². The highest BCUT2D eigenvalue weighted by Crippen LogP contribution is 2.21. The Bertz CT molecular complexity index is 408. The highest BCUT2D eigenvalue weighted by molar-refractivity contribution is 5.41. The van der Waals surface area contributed by atoms with Crippen LogP contribution in [0.4, 0.5) is 11.8 Å². The molecule has 0 saturated heterocycles. The standard InChI is InChI=1S/C14H24N4O/c1-14(2,3)18-12-8-9-15-13(17-12)16-10-4-6-11(19)7-5-10/h8-11,19H,4-7H2,1-3H3,(H2,15,16,17,18)/t10-,11-. The van der Waals surface area contributed by atoms with Crippen LogP contribution in [0.25, 0.3) is 0 Å². The van der Waals surface area contributed by atoms with Crippen molar-refractivity contribution in [2.45, 2.75) is 64.1 Å². The smallest absolute Gasteiger partial charge is 0.224 e. The highest BCUT2D eigenvalue weighted by atomic mass is 16.3. The van der Waals surface area contributed by atoms with Crippen molar-refractivity contribution >= 4 is 11.8 Å². The molecule has 0 radical (unpaired) electrons. The van der Waals surface area contributed by atoms with Crippen LogP contribution in [0.15, 0.2) is 12.3 Å². The molecule has 1 fully saturated rings. The minimum Gasteiger partial charge on any atom is -0.393 e. The quantitative estimate of drug-likeness (QED) is 0.782. The van der Waals surface area contributed by atoms with Crippen molar-refractivity contribution in [3.05, 3.63) is 12.3 Å². The van der Waals surface area contributed by atoms with Gasteiger partial charge in [0.15, 0.2) is 0 Å². The van der Waals surface area contributed by atoms with Gasteiger partial charge < -0.3 is 15.7 Å². The fourth-order valence-electron chi connectivity index (χ4n) is 2.28. The summed E-state index contributed by atoms with van der Waals surface area (Å²) in [6.45, 7) is 6.31. The summed E-state index contributed by atoms with van der Waals surface area (Å²) < 4.78 is 0. The third-order valence-electron chi connectivity index (χ3n) is 3.19. The molecule has 0 spiro atoms. The van der Waals surface area contributed by atoms with E-state index in [2.05, 4.69) is 41.4 Å². The van der Waals surface area contributed by atoms with E-state index in [1.54, 1.807) is 6.20 Å². The molecule has 3 N–H and O–H groups in total. The summed E-state index contributed by atoms with van der Waals surface area (Å²) in [4.78, 5) is 8.73. The minimum atomic E-state index is -0.132. The van der Waals surface area contributed by atoms with Gasteiger partial charge in [-0.2, -0.15) is 4.98 Å². The molecule has 19 heavy (non-hydrogen) atoms. The Kier molecular flexibility index (Phi) is 4.24. The maximum absolute atomic E-state index is 9.50. The zero-order valence-electron chi connectivity index (χ0n) is 12.0. The van der Waals surface area contributed by atoms with Crippen LogP contribution in [0, 0.1) is 0 Å². The molecule has 106 valence electrons. The van der Waals surface area contributed by atoms with Crippen molar-refractivity contribution < 1.29 is 5.11 Å². The van der Waals surface area contributed by atoms with Gasteiger partial charge in [0.1, 0.15) is 5.82 Å². The molecule has 1 heterocycles. The number of rotatable bonds is 3. The number of nitrogens with one attached hydrogen (secondary N) is 2. The van der Waals surface area contributed by atoms with E-state index >= 15 is 0 Å². The summed E-state index contributed by atoms with van der Waals surface area (Å²) in [7, 11) is 0. The molecule has 0 aliphatic heterocycles. The van der Waals surface area contributed by atoms with Gasteiger partial charge in [0.2, 0.25) is 5.95 Å². The molecule has 0 amide bonds. The Morgan fingerprint density at radius 1 is 1.21 bits per heavy atom. The summed E-state index contributed by atoms with van der Waals surface area (Å²) in [5, 5.41) is 16.2. The second kappa shape index (κ2) is 5.74. The summed E-state index contributed by atoms with van der Waals surface area (Å²) >= 11 is 0. The first-order valence-corrected chi connectivity index (χ1v) is 6.98. The number of hydrogen-bond donors (Lipinski definition) is 3. The first-order chi connectivity index (χ1) is 8.92. The fourth-order valence-corrected chi connectivity index (χ4v) is 2.28. The Hall–Kier alpha value is -1.36. The lowest BCUT2D eigenvalue weighted by atomic mass is 9.93. The zero-order valence-corrected chi connectivity index (χ0v) is 12.0. The molecule has 5 nitrogen and oxygen atoms in total. The molecule has 0 aromatic carbocycles. The van der Waals surface area contributed by atoms with Gasteiger partial charge in [-0.25, -0.2) is 4.98 Å². The number of aromatic nitrogens is 2. The molecular formula is C14H24N4O. The number of nitrogens with zero attached hydrogens (tertiary/aromatic N) is 2. The lowest BCUT2D eigenvalue weighted by Crippen LogP contribution is -2.29. The van der Waals surface area contributed by atoms with Gasteiger partial charge in [-0.15, -0.1) is 0 Å².